The second kappa shape index (κ2) is 6.23. The lowest BCUT2D eigenvalue weighted by atomic mass is 9.96. The summed E-state index contributed by atoms with van der Waals surface area (Å²) in [5, 5.41) is 11.0. The van der Waals surface area contributed by atoms with Crippen molar-refractivity contribution in [2.24, 2.45) is 0 Å². The molecule has 1 aromatic rings. The number of para-hydroxylation sites is 1. The molecule has 4 atom stereocenters. The van der Waals surface area contributed by atoms with Gasteiger partial charge >= 0.3 is 5.97 Å². The van der Waals surface area contributed by atoms with E-state index in [9.17, 15) is 24.0 Å². The van der Waals surface area contributed by atoms with Crippen molar-refractivity contribution in [1.82, 2.24) is 10.2 Å². The predicted molar refractivity (Wildman–Crippen MR) is 88.1 cm³/mol. The third kappa shape index (κ3) is 2.83. The minimum absolute atomic E-state index is 0.293. The molecule has 0 aliphatic carbocycles. The summed E-state index contributed by atoms with van der Waals surface area (Å²) in [7, 11) is 0. The number of carboxylic acids is 1. The maximum atomic E-state index is 12.6. The second-order valence-corrected chi connectivity index (χ2v) is 8.55. The Labute approximate surface area is 147 Å². The standard InChI is InChI=1S/C16H18N2O6S/c1-16(2)12(15(21)22)18-13(20)11(14(18)25(16)23)17-10(19)8-24-9-6-4-3-5-7-9/h3-7,11-12,14H,8H2,1-2H3,(H,17,19)(H,21,22)/t11-,12-,14+,25+/m0/s1. The van der Waals surface area contributed by atoms with E-state index in [0.29, 0.717) is 5.75 Å². The Hall–Kier alpha value is -2.26. The van der Waals surface area contributed by atoms with Crippen LogP contribution in [0.2, 0.25) is 0 Å². The number of ether oxygens (including phenoxy) is 1. The van der Waals surface area contributed by atoms with E-state index in [2.05, 4.69) is 5.32 Å². The Balaban J connectivity index is 1.64. The molecule has 3 rings (SSSR count). The summed E-state index contributed by atoms with van der Waals surface area (Å²) >= 11 is -1.61. The molecule has 8 nitrogen and oxygen atoms in total. The number of amides is 2. The van der Waals surface area contributed by atoms with Crippen LogP contribution in [0.3, 0.4) is 0 Å². The van der Waals surface area contributed by atoms with Crippen LogP contribution in [0.25, 0.3) is 0 Å². The lowest BCUT2D eigenvalue weighted by Gasteiger charge is -2.41. The monoisotopic (exact) mass is 366 g/mol. The molecule has 2 amide bonds. The molecule has 2 aliphatic heterocycles. The van der Waals surface area contributed by atoms with Gasteiger partial charge in [0.25, 0.3) is 11.8 Å². The van der Waals surface area contributed by atoms with Crippen molar-refractivity contribution >= 4 is 29.0 Å². The van der Waals surface area contributed by atoms with Gasteiger partial charge < -0.3 is 19.7 Å². The first-order valence-corrected chi connectivity index (χ1v) is 8.89. The summed E-state index contributed by atoms with van der Waals surface area (Å²) in [6.45, 7) is 2.80. The van der Waals surface area contributed by atoms with Crippen LogP contribution in [0.5, 0.6) is 5.75 Å². The molecular weight excluding hydrogens is 348 g/mol. The number of hydrogen-bond acceptors (Lipinski definition) is 5. The molecule has 2 fully saturated rings. The number of nitrogens with one attached hydrogen (secondary N) is 1. The molecule has 25 heavy (non-hydrogen) atoms. The van der Waals surface area contributed by atoms with Gasteiger partial charge in [-0.05, 0) is 37.2 Å². The van der Waals surface area contributed by atoms with Crippen molar-refractivity contribution in [3.63, 3.8) is 0 Å². The van der Waals surface area contributed by atoms with E-state index >= 15 is 0 Å². The maximum Gasteiger partial charge on any atom is 0.332 e. The fourth-order valence-corrected chi connectivity index (χ4v) is 5.09. The van der Waals surface area contributed by atoms with Gasteiger partial charge in [0.05, 0.1) is 0 Å². The Kier molecular flexibility index (Phi) is 4.38. The highest BCUT2D eigenvalue weighted by atomic mass is 32.2. The zero-order valence-electron chi connectivity index (χ0n) is 13.7. The smallest absolute Gasteiger partial charge is 0.332 e. The molecule has 2 N–H and O–H groups in total. The Bertz CT molecular complexity index is 710. The number of rotatable bonds is 5. The van der Waals surface area contributed by atoms with Crippen molar-refractivity contribution in [2.45, 2.75) is 36.1 Å². The van der Waals surface area contributed by atoms with Gasteiger partial charge in [-0.15, -0.1) is 0 Å². The van der Waals surface area contributed by atoms with Crippen LogP contribution in [0, 0.1) is 0 Å². The number of carboxylic acid groups (broad SMARTS) is 1. The highest BCUT2D eigenvalue weighted by molar-refractivity contribution is 7.94. The number of β-lactam (4-membered cyclic amide) rings is 1. The average Bonchev–Trinajstić information content (AvgIpc) is 2.76. The topological polar surface area (TPSA) is 119 Å². The van der Waals surface area contributed by atoms with Crippen LogP contribution >= 0.6 is 0 Å². The van der Waals surface area contributed by atoms with Crippen LogP contribution in [0.4, 0.5) is 0 Å². The van der Waals surface area contributed by atoms with E-state index in [-0.39, 0.29) is 6.61 Å². The highest BCUT2D eigenvalue weighted by Gasteiger charge is 2.72. The van der Waals surface area contributed by atoms with Gasteiger partial charge in [0.15, 0.2) is 23.4 Å². The lowest BCUT2D eigenvalue weighted by molar-refractivity contribution is -0.161. The first-order chi connectivity index (χ1) is 11.7. The van der Waals surface area contributed by atoms with Gasteiger partial charge in [-0.2, -0.15) is 0 Å². The third-order valence-corrected chi connectivity index (χ3v) is 6.62. The van der Waals surface area contributed by atoms with E-state index in [1.54, 1.807) is 38.1 Å². The van der Waals surface area contributed by atoms with Crippen LogP contribution in [0.1, 0.15) is 13.8 Å². The molecule has 2 heterocycles. The molecule has 2 aliphatic rings. The molecule has 2 saturated heterocycles. The van der Waals surface area contributed by atoms with E-state index in [1.807, 2.05) is 6.07 Å². The largest absolute Gasteiger partial charge is 0.614 e. The van der Waals surface area contributed by atoms with Crippen LogP contribution in [0.15, 0.2) is 30.3 Å². The molecule has 9 heteroatoms. The van der Waals surface area contributed by atoms with Crippen LogP contribution < -0.4 is 10.1 Å². The van der Waals surface area contributed by atoms with Gasteiger partial charge in [-0.1, -0.05) is 18.2 Å². The first-order valence-electron chi connectivity index (χ1n) is 7.68. The van der Waals surface area contributed by atoms with Gasteiger partial charge in [-0.3, -0.25) is 14.5 Å². The number of aliphatic carboxylic acids is 1. The minimum atomic E-state index is -1.61. The van der Waals surface area contributed by atoms with Crippen LogP contribution in [-0.2, 0) is 25.6 Å². The zero-order chi connectivity index (χ0) is 18.4. The number of fused-ring (bicyclic) bond motifs is 1. The molecule has 0 radical (unpaired) electrons. The zero-order valence-corrected chi connectivity index (χ0v) is 14.5. The first kappa shape index (κ1) is 17.6. The molecule has 0 unspecified atom stereocenters. The summed E-state index contributed by atoms with van der Waals surface area (Å²) in [6, 6.07) is 6.55. The minimum Gasteiger partial charge on any atom is -0.614 e. The Morgan fingerprint density at radius 3 is 2.60 bits per heavy atom. The van der Waals surface area contributed by atoms with E-state index in [1.165, 1.54) is 0 Å². The summed E-state index contributed by atoms with van der Waals surface area (Å²) in [4.78, 5) is 36.8. The van der Waals surface area contributed by atoms with E-state index in [4.69, 9.17) is 4.74 Å². The van der Waals surface area contributed by atoms with E-state index < -0.39 is 51.2 Å². The molecule has 0 aromatic heterocycles. The van der Waals surface area contributed by atoms with Crippen molar-refractivity contribution in [3.8, 4) is 5.75 Å². The second-order valence-electron chi connectivity index (χ2n) is 6.42. The highest BCUT2D eigenvalue weighted by Crippen LogP contribution is 2.45. The quantitative estimate of drug-likeness (QED) is 0.546. The molecule has 0 spiro atoms. The summed E-state index contributed by atoms with van der Waals surface area (Å²) < 4.78 is 16.8. The molecule has 1 aromatic carbocycles. The Morgan fingerprint density at radius 2 is 2.00 bits per heavy atom. The van der Waals surface area contributed by atoms with Crippen molar-refractivity contribution in [3.05, 3.63) is 30.3 Å². The molecule has 0 saturated carbocycles. The van der Waals surface area contributed by atoms with Crippen molar-refractivity contribution < 1.29 is 28.8 Å². The SMILES string of the molecule is CC1(C)[C@H](C(=O)O)N2C(=O)[C@H](NC(=O)COc3ccccc3)[C@H]2[S@@+]1[O-]. The van der Waals surface area contributed by atoms with Crippen LogP contribution in [-0.4, -0.2) is 61.2 Å². The number of hydrogen-bond donors (Lipinski definition) is 2. The molecule has 0 bridgehead atoms. The summed E-state index contributed by atoms with van der Waals surface area (Å²) in [6.07, 6.45) is 0. The summed E-state index contributed by atoms with van der Waals surface area (Å²) in [5.41, 5.74) is 0. The fraction of sp³-hybridized carbons (Fsp3) is 0.438. The number of carbonyl (C=O) groups excluding carboxylic acids is 2. The van der Waals surface area contributed by atoms with Crippen molar-refractivity contribution in [2.75, 3.05) is 6.61 Å². The molecule has 134 valence electrons. The number of carbonyl (C=O) groups is 3. The van der Waals surface area contributed by atoms with Gasteiger partial charge in [0, 0.05) is 0 Å². The average molecular weight is 366 g/mol. The Morgan fingerprint density at radius 1 is 1.36 bits per heavy atom. The number of nitrogens with zero attached hydrogens (tertiary/aromatic N) is 1. The third-order valence-electron chi connectivity index (χ3n) is 4.42. The van der Waals surface area contributed by atoms with Gasteiger partial charge in [0.1, 0.15) is 5.75 Å². The van der Waals surface area contributed by atoms with Crippen molar-refractivity contribution in [1.29, 1.82) is 0 Å². The summed E-state index contributed by atoms with van der Waals surface area (Å²) in [5.74, 6) is -1.76. The number of benzene rings is 1. The van der Waals surface area contributed by atoms with Gasteiger partial charge in [-0.25, -0.2) is 4.79 Å². The lowest BCUT2D eigenvalue weighted by Crippen LogP contribution is -2.72. The maximum absolute atomic E-state index is 12.6. The predicted octanol–water partition coefficient (Wildman–Crippen LogP) is -0.287. The fourth-order valence-electron chi connectivity index (χ4n) is 3.17. The normalized spacial score (nSPS) is 29.6. The van der Waals surface area contributed by atoms with Gasteiger partial charge in [0.2, 0.25) is 5.37 Å². The van der Waals surface area contributed by atoms with E-state index in [0.717, 1.165) is 4.90 Å². The molecular formula is C16H18N2O6S.